The topological polar surface area (TPSA) is 71.6 Å². The highest BCUT2D eigenvalue weighted by Crippen LogP contribution is 2.26. The zero-order chi connectivity index (χ0) is 14.7. The third-order valence-corrected chi connectivity index (χ3v) is 3.91. The van der Waals surface area contributed by atoms with Gasteiger partial charge in [0.25, 0.3) is 0 Å². The van der Waals surface area contributed by atoms with Gasteiger partial charge in [-0.15, -0.1) is 0 Å². The SMILES string of the molecule is CCC(c1nc(C2CN(C(C)C)CCO2)no1)C(C)O. The first-order valence-electron chi connectivity index (χ1n) is 7.40. The summed E-state index contributed by atoms with van der Waals surface area (Å²) in [5, 5.41) is 13.8. The van der Waals surface area contributed by atoms with Crippen LogP contribution in [0.3, 0.4) is 0 Å². The standard InChI is InChI=1S/C14H25N3O3/c1-5-11(10(4)18)14-15-13(16-20-14)12-8-17(9(2)3)6-7-19-12/h9-12,18H,5-8H2,1-4H3. The first kappa shape index (κ1) is 15.4. The van der Waals surface area contributed by atoms with Gasteiger partial charge in [0.15, 0.2) is 0 Å². The van der Waals surface area contributed by atoms with Crippen LogP contribution in [0.5, 0.6) is 0 Å². The first-order valence-corrected chi connectivity index (χ1v) is 7.40. The number of ether oxygens (including phenoxy) is 1. The fourth-order valence-corrected chi connectivity index (χ4v) is 2.55. The van der Waals surface area contributed by atoms with Crippen LogP contribution < -0.4 is 0 Å². The van der Waals surface area contributed by atoms with E-state index in [4.69, 9.17) is 9.26 Å². The molecular formula is C14H25N3O3. The number of rotatable bonds is 5. The maximum absolute atomic E-state index is 9.73. The molecule has 0 saturated carbocycles. The zero-order valence-electron chi connectivity index (χ0n) is 12.7. The Bertz CT molecular complexity index is 420. The van der Waals surface area contributed by atoms with Crippen LogP contribution in [-0.4, -0.2) is 52.0 Å². The molecule has 0 bridgehead atoms. The van der Waals surface area contributed by atoms with Gasteiger partial charge in [0.1, 0.15) is 6.10 Å². The fraction of sp³-hybridized carbons (Fsp3) is 0.857. The van der Waals surface area contributed by atoms with E-state index in [9.17, 15) is 5.11 Å². The Morgan fingerprint density at radius 1 is 1.40 bits per heavy atom. The second-order valence-corrected chi connectivity index (χ2v) is 5.69. The molecule has 0 aliphatic carbocycles. The summed E-state index contributed by atoms with van der Waals surface area (Å²) >= 11 is 0. The van der Waals surface area contributed by atoms with Crippen molar-refractivity contribution in [2.75, 3.05) is 19.7 Å². The lowest BCUT2D eigenvalue weighted by Gasteiger charge is -2.34. The molecule has 1 aliphatic rings. The molecule has 20 heavy (non-hydrogen) atoms. The zero-order valence-corrected chi connectivity index (χ0v) is 12.7. The summed E-state index contributed by atoms with van der Waals surface area (Å²) in [6.07, 6.45) is 0.131. The van der Waals surface area contributed by atoms with Crippen LogP contribution in [0.15, 0.2) is 4.52 Å². The molecule has 3 unspecified atom stereocenters. The van der Waals surface area contributed by atoms with Gasteiger partial charge in [-0.3, -0.25) is 4.90 Å². The van der Waals surface area contributed by atoms with E-state index >= 15 is 0 Å². The molecule has 114 valence electrons. The predicted octanol–water partition coefficient (Wildman–Crippen LogP) is 1.73. The largest absolute Gasteiger partial charge is 0.393 e. The summed E-state index contributed by atoms with van der Waals surface area (Å²) < 4.78 is 11.1. The van der Waals surface area contributed by atoms with Gasteiger partial charge in [0.2, 0.25) is 11.7 Å². The maximum atomic E-state index is 9.73. The lowest BCUT2D eigenvalue weighted by molar-refractivity contribution is -0.0450. The summed E-state index contributed by atoms with van der Waals surface area (Å²) in [6, 6.07) is 0.480. The molecule has 0 radical (unpaired) electrons. The van der Waals surface area contributed by atoms with E-state index < -0.39 is 6.10 Å². The summed E-state index contributed by atoms with van der Waals surface area (Å²) in [5.41, 5.74) is 0. The predicted molar refractivity (Wildman–Crippen MR) is 74.4 cm³/mol. The summed E-state index contributed by atoms with van der Waals surface area (Å²) in [4.78, 5) is 6.77. The van der Waals surface area contributed by atoms with E-state index in [1.807, 2.05) is 6.92 Å². The highest BCUT2D eigenvalue weighted by molar-refractivity contribution is 5.00. The minimum atomic E-state index is -0.493. The van der Waals surface area contributed by atoms with Crippen molar-refractivity contribution < 1.29 is 14.4 Å². The monoisotopic (exact) mass is 283 g/mol. The Labute approximate surface area is 120 Å². The third kappa shape index (κ3) is 3.37. The maximum Gasteiger partial charge on any atom is 0.232 e. The minimum absolute atomic E-state index is 0.110. The number of aromatic nitrogens is 2. The van der Waals surface area contributed by atoms with E-state index in [0.717, 1.165) is 19.5 Å². The molecule has 2 heterocycles. The second-order valence-electron chi connectivity index (χ2n) is 5.69. The number of hydrogen-bond donors (Lipinski definition) is 1. The quantitative estimate of drug-likeness (QED) is 0.887. The highest BCUT2D eigenvalue weighted by atomic mass is 16.5. The Morgan fingerprint density at radius 2 is 2.15 bits per heavy atom. The lowest BCUT2D eigenvalue weighted by atomic mass is 10.0. The van der Waals surface area contributed by atoms with Crippen LogP contribution in [0.25, 0.3) is 0 Å². The smallest absolute Gasteiger partial charge is 0.232 e. The van der Waals surface area contributed by atoms with Gasteiger partial charge in [-0.05, 0) is 27.2 Å². The third-order valence-electron chi connectivity index (χ3n) is 3.91. The van der Waals surface area contributed by atoms with Crippen molar-refractivity contribution in [1.82, 2.24) is 15.0 Å². The van der Waals surface area contributed by atoms with Crippen molar-refractivity contribution >= 4 is 0 Å². The van der Waals surface area contributed by atoms with Gasteiger partial charge < -0.3 is 14.4 Å². The molecule has 1 aromatic rings. The van der Waals surface area contributed by atoms with E-state index in [1.165, 1.54) is 0 Å². The van der Waals surface area contributed by atoms with Crippen molar-refractivity contribution in [1.29, 1.82) is 0 Å². The van der Waals surface area contributed by atoms with Crippen LogP contribution in [-0.2, 0) is 4.74 Å². The molecule has 0 amide bonds. The Kier molecular flexibility index (Phi) is 5.12. The molecule has 2 rings (SSSR count). The van der Waals surface area contributed by atoms with Crippen molar-refractivity contribution in [2.24, 2.45) is 0 Å². The summed E-state index contributed by atoms with van der Waals surface area (Å²) in [7, 11) is 0. The van der Waals surface area contributed by atoms with Crippen LogP contribution in [0.2, 0.25) is 0 Å². The minimum Gasteiger partial charge on any atom is -0.393 e. The van der Waals surface area contributed by atoms with E-state index in [0.29, 0.717) is 24.4 Å². The second kappa shape index (κ2) is 6.65. The average Bonchev–Trinajstić information content (AvgIpc) is 2.89. The number of aliphatic hydroxyl groups is 1. The number of nitrogens with zero attached hydrogens (tertiary/aromatic N) is 3. The molecule has 1 fully saturated rings. The number of hydrogen-bond acceptors (Lipinski definition) is 6. The normalized spacial score (nSPS) is 24.0. The van der Waals surface area contributed by atoms with E-state index in [2.05, 4.69) is 28.9 Å². The first-order chi connectivity index (χ1) is 9.52. The molecule has 1 aliphatic heterocycles. The summed E-state index contributed by atoms with van der Waals surface area (Å²) in [6.45, 7) is 10.5. The molecule has 1 saturated heterocycles. The average molecular weight is 283 g/mol. The van der Waals surface area contributed by atoms with Crippen LogP contribution in [0, 0.1) is 0 Å². The lowest BCUT2D eigenvalue weighted by Crippen LogP contribution is -2.42. The van der Waals surface area contributed by atoms with E-state index in [-0.39, 0.29) is 12.0 Å². The Hall–Kier alpha value is -0.980. The fourth-order valence-electron chi connectivity index (χ4n) is 2.55. The van der Waals surface area contributed by atoms with E-state index in [1.54, 1.807) is 6.92 Å². The van der Waals surface area contributed by atoms with Crippen molar-refractivity contribution in [3.63, 3.8) is 0 Å². The van der Waals surface area contributed by atoms with Gasteiger partial charge in [-0.25, -0.2) is 0 Å². The molecule has 1 N–H and O–H groups in total. The number of aliphatic hydroxyl groups excluding tert-OH is 1. The molecule has 6 nitrogen and oxygen atoms in total. The van der Waals surface area contributed by atoms with Crippen molar-refractivity contribution in [2.45, 2.75) is 58.3 Å². The van der Waals surface area contributed by atoms with Gasteiger partial charge in [-0.1, -0.05) is 12.1 Å². The Balaban J connectivity index is 2.08. The van der Waals surface area contributed by atoms with Crippen LogP contribution in [0.4, 0.5) is 0 Å². The van der Waals surface area contributed by atoms with Gasteiger partial charge in [0, 0.05) is 19.1 Å². The highest BCUT2D eigenvalue weighted by Gasteiger charge is 2.29. The van der Waals surface area contributed by atoms with Crippen molar-refractivity contribution in [3.05, 3.63) is 11.7 Å². The van der Waals surface area contributed by atoms with Gasteiger partial charge in [0.05, 0.1) is 18.6 Å². The molecule has 6 heteroatoms. The van der Waals surface area contributed by atoms with Crippen LogP contribution >= 0.6 is 0 Å². The Morgan fingerprint density at radius 3 is 2.75 bits per heavy atom. The molecule has 0 aromatic carbocycles. The van der Waals surface area contributed by atoms with Crippen LogP contribution in [0.1, 0.15) is 57.9 Å². The van der Waals surface area contributed by atoms with Crippen molar-refractivity contribution in [3.8, 4) is 0 Å². The van der Waals surface area contributed by atoms with Gasteiger partial charge >= 0.3 is 0 Å². The number of morpholine rings is 1. The van der Waals surface area contributed by atoms with Gasteiger partial charge in [-0.2, -0.15) is 4.98 Å². The molecular weight excluding hydrogens is 258 g/mol. The molecule has 0 spiro atoms. The molecule has 1 aromatic heterocycles. The molecule has 3 atom stereocenters. The summed E-state index contributed by atoms with van der Waals surface area (Å²) in [5.74, 6) is 0.980.